The Morgan fingerprint density at radius 1 is 1.53 bits per heavy atom. The van der Waals surface area contributed by atoms with Crippen molar-refractivity contribution in [2.24, 2.45) is 5.73 Å². The molecule has 0 saturated carbocycles. The highest BCUT2D eigenvalue weighted by Crippen LogP contribution is 2.18. The molecule has 0 amide bonds. The zero-order valence-corrected chi connectivity index (χ0v) is 10.1. The van der Waals surface area contributed by atoms with Crippen LogP contribution in [0, 0.1) is 0 Å². The normalized spacial score (nSPS) is 12.1. The van der Waals surface area contributed by atoms with Gasteiger partial charge in [0.05, 0.1) is 0 Å². The van der Waals surface area contributed by atoms with Gasteiger partial charge in [0.2, 0.25) is 0 Å². The van der Waals surface area contributed by atoms with Crippen molar-refractivity contribution in [1.82, 2.24) is 0 Å². The Bertz CT molecular complexity index is 327. The van der Waals surface area contributed by atoms with Crippen molar-refractivity contribution in [3.8, 4) is 0 Å². The van der Waals surface area contributed by atoms with Crippen LogP contribution in [0.25, 0.3) is 0 Å². The highest BCUT2D eigenvalue weighted by molar-refractivity contribution is 7.80. The van der Waals surface area contributed by atoms with Crippen molar-refractivity contribution in [2.45, 2.75) is 13.8 Å². The van der Waals surface area contributed by atoms with Crippen molar-refractivity contribution in [3.63, 3.8) is 0 Å². The van der Waals surface area contributed by atoms with E-state index in [0.29, 0.717) is 10.7 Å². The van der Waals surface area contributed by atoms with E-state index in [2.05, 4.69) is 13.2 Å². The van der Waals surface area contributed by atoms with Crippen molar-refractivity contribution in [3.05, 3.63) is 48.3 Å². The summed E-state index contributed by atoms with van der Waals surface area (Å²) in [5, 5.41) is 0. The molecule has 0 aromatic carbocycles. The number of allylic oxidation sites excluding steroid dienone is 4. The first-order chi connectivity index (χ1) is 7.02. The fourth-order valence-electron chi connectivity index (χ4n) is 0.954. The minimum Gasteiger partial charge on any atom is -0.486 e. The van der Waals surface area contributed by atoms with E-state index in [9.17, 15) is 0 Å². The van der Waals surface area contributed by atoms with Crippen LogP contribution in [0.3, 0.4) is 0 Å². The molecular formula is C12H17NOS. The van der Waals surface area contributed by atoms with E-state index in [4.69, 9.17) is 22.7 Å². The highest BCUT2D eigenvalue weighted by Gasteiger charge is 2.05. The predicted octanol–water partition coefficient (Wildman–Crippen LogP) is 2.88. The number of nitrogens with two attached hydrogens (primary N) is 1. The molecule has 0 aromatic rings. The molecule has 0 saturated heterocycles. The molecule has 0 rings (SSSR count). The summed E-state index contributed by atoms with van der Waals surface area (Å²) >= 11 is 4.72. The number of rotatable bonds is 6. The standard InChI is InChI=1S/C12H17NOS/c1-5-7-11(9(3)6-2)10(4)14-8-12(13)15/h5-7H,1,4,8H2,2-3H3,(H2,13,15)/b9-6-,11-7+. The average Bonchev–Trinajstić information content (AvgIpc) is 2.21. The molecule has 0 heterocycles. The number of hydrogen-bond donors (Lipinski definition) is 1. The van der Waals surface area contributed by atoms with Gasteiger partial charge in [-0.1, -0.05) is 43.6 Å². The van der Waals surface area contributed by atoms with Gasteiger partial charge in [0.15, 0.2) is 0 Å². The molecule has 15 heavy (non-hydrogen) atoms. The maximum Gasteiger partial charge on any atom is 0.138 e. The highest BCUT2D eigenvalue weighted by atomic mass is 32.1. The van der Waals surface area contributed by atoms with Gasteiger partial charge in [-0.3, -0.25) is 0 Å². The third-order valence-corrected chi connectivity index (χ3v) is 1.95. The Hall–Kier alpha value is -1.35. The molecule has 0 unspecified atom stereocenters. The molecule has 82 valence electrons. The molecule has 0 radical (unpaired) electrons. The molecule has 0 aliphatic carbocycles. The van der Waals surface area contributed by atoms with E-state index < -0.39 is 0 Å². The number of thiocarbonyl (C=S) groups is 1. The monoisotopic (exact) mass is 223 g/mol. The molecule has 0 bridgehead atoms. The summed E-state index contributed by atoms with van der Waals surface area (Å²) in [5.74, 6) is 0.554. The van der Waals surface area contributed by atoms with Crippen molar-refractivity contribution >= 4 is 17.2 Å². The molecule has 0 aliphatic heterocycles. The van der Waals surface area contributed by atoms with E-state index in [0.717, 1.165) is 11.1 Å². The lowest BCUT2D eigenvalue weighted by atomic mass is 10.1. The van der Waals surface area contributed by atoms with Crippen LogP contribution >= 0.6 is 12.2 Å². The molecule has 0 atom stereocenters. The fraction of sp³-hybridized carbons (Fsp3) is 0.250. The molecule has 2 nitrogen and oxygen atoms in total. The Balaban J connectivity index is 4.66. The van der Waals surface area contributed by atoms with Crippen LogP contribution in [0.5, 0.6) is 0 Å². The Morgan fingerprint density at radius 3 is 2.53 bits per heavy atom. The second kappa shape index (κ2) is 7.01. The molecule has 3 heteroatoms. The summed E-state index contributed by atoms with van der Waals surface area (Å²) in [4.78, 5) is 0.312. The summed E-state index contributed by atoms with van der Waals surface area (Å²) in [7, 11) is 0. The maximum atomic E-state index is 5.33. The molecular weight excluding hydrogens is 206 g/mol. The fourth-order valence-corrected chi connectivity index (χ4v) is 1.01. The first-order valence-corrected chi connectivity index (χ1v) is 5.00. The summed E-state index contributed by atoms with van der Waals surface area (Å²) in [5.41, 5.74) is 7.31. The van der Waals surface area contributed by atoms with Crippen LogP contribution in [0.1, 0.15) is 13.8 Å². The van der Waals surface area contributed by atoms with Gasteiger partial charge in [0, 0.05) is 5.57 Å². The van der Waals surface area contributed by atoms with Gasteiger partial charge in [-0.25, -0.2) is 0 Å². The van der Waals surface area contributed by atoms with E-state index in [1.54, 1.807) is 6.08 Å². The van der Waals surface area contributed by atoms with Crippen LogP contribution in [-0.2, 0) is 4.74 Å². The topological polar surface area (TPSA) is 35.2 Å². The van der Waals surface area contributed by atoms with Gasteiger partial charge < -0.3 is 10.5 Å². The molecule has 0 aliphatic rings. The minimum absolute atomic E-state index is 0.208. The lowest BCUT2D eigenvalue weighted by Crippen LogP contribution is -2.15. The van der Waals surface area contributed by atoms with Gasteiger partial charge >= 0.3 is 0 Å². The third kappa shape index (κ3) is 5.18. The molecule has 0 aromatic heterocycles. The van der Waals surface area contributed by atoms with Gasteiger partial charge in [0.25, 0.3) is 0 Å². The lowest BCUT2D eigenvalue weighted by molar-refractivity contribution is 0.271. The van der Waals surface area contributed by atoms with E-state index in [-0.39, 0.29) is 6.61 Å². The second-order valence-electron chi connectivity index (χ2n) is 2.97. The maximum absolute atomic E-state index is 5.33. The summed E-state index contributed by atoms with van der Waals surface area (Å²) in [6, 6.07) is 0. The van der Waals surface area contributed by atoms with Crippen molar-refractivity contribution < 1.29 is 4.74 Å². The lowest BCUT2D eigenvalue weighted by Gasteiger charge is -2.12. The van der Waals surface area contributed by atoms with Crippen LogP contribution in [0.4, 0.5) is 0 Å². The second-order valence-corrected chi connectivity index (χ2v) is 3.49. The van der Waals surface area contributed by atoms with E-state index in [1.807, 2.05) is 26.0 Å². The van der Waals surface area contributed by atoms with E-state index in [1.165, 1.54) is 0 Å². The van der Waals surface area contributed by atoms with Crippen LogP contribution < -0.4 is 5.73 Å². The van der Waals surface area contributed by atoms with Crippen LogP contribution in [-0.4, -0.2) is 11.6 Å². The first kappa shape index (κ1) is 13.7. The SMILES string of the molecule is C=C/C=C(C(=C)OCC(N)=S)\C(C)=C/C. The van der Waals surface area contributed by atoms with Gasteiger partial charge in [-0.15, -0.1) is 0 Å². The number of hydrogen-bond acceptors (Lipinski definition) is 2. The molecule has 0 spiro atoms. The zero-order chi connectivity index (χ0) is 11.8. The zero-order valence-electron chi connectivity index (χ0n) is 9.25. The van der Waals surface area contributed by atoms with Gasteiger partial charge in [-0.2, -0.15) is 0 Å². The summed E-state index contributed by atoms with van der Waals surface area (Å²) in [6.07, 6.45) is 5.51. The molecule has 2 N–H and O–H groups in total. The Kier molecular flexibility index (Phi) is 6.38. The largest absolute Gasteiger partial charge is 0.486 e. The van der Waals surface area contributed by atoms with Gasteiger partial charge in [0.1, 0.15) is 17.4 Å². The Morgan fingerprint density at radius 2 is 2.13 bits per heavy atom. The van der Waals surface area contributed by atoms with E-state index >= 15 is 0 Å². The van der Waals surface area contributed by atoms with Crippen LogP contribution in [0.2, 0.25) is 0 Å². The van der Waals surface area contributed by atoms with Crippen LogP contribution in [0.15, 0.2) is 48.3 Å². The smallest absolute Gasteiger partial charge is 0.138 e. The quantitative estimate of drug-likeness (QED) is 0.427. The minimum atomic E-state index is 0.208. The van der Waals surface area contributed by atoms with Gasteiger partial charge in [-0.05, 0) is 19.4 Å². The summed E-state index contributed by atoms with van der Waals surface area (Å²) < 4.78 is 5.32. The summed E-state index contributed by atoms with van der Waals surface area (Å²) in [6.45, 7) is 11.6. The molecule has 0 fully saturated rings. The Labute approximate surface area is 96.8 Å². The number of ether oxygens (including phenoxy) is 1. The van der Waals surface area contributed by atoms with Crippen molar-refractivity contribution in [1.29, 1.82) is 0 Å². The third-order valence-electron chi connectivity index (χ3n) is 1.83. The average molecular weight is 223 g/mol. The first-order valence-electron chi connectivity index (χ1n) is 4.59. The van der Waals surface area contributed by atoms with Crippen molar-refractivity contribution in [2.75, 3.05) is 6.61 Å². The predicted molar refractivity (Wildman–Crippen MR) is 69.6 cm³/mol.